The van der Waals surface area contributed by atoms with Gasteiger partial charge in [0.15, 0.2) is 6.04 Å². The number of esters is 1. The van der Waals surface area contributed by atoms with Crippen molar-refractivity contribution < 1.29 is 19.1 Å². The minimum Gasteiger partial charge on any atom is -0.495 e. The molecule has 0 aromatic heterocycles. The van der Waals surface area contributed by atoms with Gasteiger partial charge in [0.2, 0.25) is 0 Å². The summed E-state index contributed by atoms with van der Waals surface area (Å²) in [5.41, 5.74) is 5.90. The van der Waals surface area contributed by atoms with Crippen LogP contribution in [-0.2, 0) is 14.3 Å². The third-order valence-corrected chi connectivity index (χ3v) is 2.74. The van der Waals surface area contributed by atoms with Gasteiger partial charge in [-0.2, -0.15) is 0 Å². The lowest BCUT2D eigenvalue weighted by Gasteiger charge is -2.13. The second-order valence-corrected chi connectivity index (χ2v) is 4.48. The van der Waals surface area contributed by atoms with Crippen LogP contribution in [0, 0.1) is 0 Å². The summed E-state index contributed by atoms with van der Waals surface area (Å²) in [6.07, 6.45) is 0. The minimum absolute atomic E-state index is 0.167. The van der Waals surface area contributed by atoms with Gasteiger partial charge >= 0.3 is 5.97 Å². The maximum absolute atomic E-state index is 11.8. The molecule has 1 amide bonds. The average molecular weight is 331 g/mol. The molecule has 3 N–H and O–H groups in total. The first-order valence-electron chi connectivity index (χ1n) is 5.56. The van der Waals surface area contributed by atoms with E-state index in [2.05, 4.69) is 26.0 Å². The molecule has 6 nitrogen and oxygen atoms in total. The van der Waals surface area contributed by atoms with E-state index in [9.17, 15) is 9.59 Å². The molecule has 0 radical (unpaired) electrons. The van der Waals surface area contributed by atoms with Crippen molar-refractivity contribution >= 4 is 33.5 Å². The molecule has 104 valence electrons. The first-order valence-corrected chi connectivity index (χ1v) is 6.35. The monoisotopic (exact) mass is 330 g/mol. The fraction of sp³-hybridized carbons (Fsp3) is 0.333. The molecule has 1 rings (SSSR count). The van der Waals surface area contributed by atoms with Crippen LogP contribution in [0.5, 0.6) is 5.75 Å². The predicted octanol–water partition coefficient (Wildman–Crippen LogP) is 1.29. The van der Waals surface area contributed by atoms with Gasteiger partial charge in [-0.1, -0.05) is 15.9 Å². The highest BCUT2D eigenvalue weighted by Crippen LogP contribution is 2.27. The lowest BCUT2D eigenvalue weighted by molar-refractivity contribution is -0.146. The molecule has 19 heavy (non-hydrogen) atoms. The largest absolute Gasteiger partial charge is 0.495 e. The Labute approximate surface area is 119 Å². The lowest BCUT2D eigenvalue weighted by atomic mass is 10.2. The third-order valence-electron chi connectivity index (χ3n) is 2.24. The fourth-order valence-corrected chi connectivity index (χ4v) is 1.69. The predicted molar refractivity (Wildman–Crippen MR) is 73.9 cm³/mol. The van der Waals surface area contributed by atoms with Gasteiger partial charge in [0.1, 0.15) is 5.75 Å². The summed E-state index contributed by atoms with van der Waals surface area (Å²) in [6.45, 7) is 1.81. The van der Waals surface area contributed by atoms with Gasteiger partial charge in [0.05, 0.1) is 19.4 Å². The molecule has 0 aliphatic carbocycles. The number of rotatable bonds is 5. The van der Waals surface area contributed by atoms with Gasteiger partial charge < -0.3 is 20.5 Å². The van der Waals surface area contributed by atoms with Crippen LogP contribution in [-0.4, -0.2) is 31.6 Å². The van der Waals surface area contributed by atoms with E-state index < -0.39 is 17.9 Å². The fourth-order valence-electron chi connectivity index (χ4n) is 1.33. The van der Waals surface area contributed by atoms with Crippen LogP contribution in [0.3, 0.4) is 0 Å². The van der Waals surface area contributed by atoms with Gasteiger partial charge in [-0.05, 0) is 25.1 Å². The van der Waals surface area contributed by atoms with Crippen molar-refractivity contribution in [1.29, 1.82) is 0 Å². The van der Waals surface area contributed by atoms with Crippen LogP contribution in [0.2, 0.25) is 0 Å². The standard InChI is InChI=1S/C12H15BrN2O4/c1-3-19-12(17)10(14)11(16)15-8-6-7(13)4-5-9(8)18-2/h4-6,10H,3,14H2,1-2H3,(H,15,16). The second-order valence-electron chi connectivity index (χ2n) is 3.56. The number of methoxy groups -OCH3 is 1. The van der Waals surface area contributed by atoms with Crippen molar-refractivity contribution in [2.45, 2.75) is 13.0 Å². The smallest absolute Gasteiger partial charge is 0.332 e. The van der Waals surface area contributed by atoms with Crippen LogP contribution in [0.4, 0.5) is 5.69 Å². The van der Waals surface area contributed by atoms with Crippen LogP contribution < -0.4 is 15.8 Å². The van der Waals surface area contributed by atoms with Gasteiger partial charge in [-0.25, -0.2) is 4.79 Å². The molecule has 0 heterocycles. The van der Waals surface area contributed by atoms with Crippen molar-refractivity contribution in [2.24, 2.45) is 5.73 Å². The summed E-state index contributed by atoms with van der Waals surface area (Å²) in [7, 11) is 1.48. The normalized spacial score (nSPS) is 11.6. The van der Waals surface area contributed by atoms with Crippen molar-refractivity contribution in [3.63, 3.8) is 0 Å². The highest BCUT2D eigenvalue weighted by Gasteiger charge is 2.24. The minimum atomic E-state index is -1.37. The Balaban J connectivity index is 2.81. The molecule has 0 saturated heterocycles. The van der Waals surface area contributed by atoms with Gasteiger partial charge in [0, 0.05) is 4.47 Å². The number of anilines is 1. The summed E-state index contributed by atoms with van der Waals surface area (Å²) in [4.78, 5) is 23.1. The molecule has 0 aliphatic rings. The molecule has 1 aromatic carbocycles. The molecular weight excluding hydrogens is 316 g/mol. The molecular formula is C12H15BrN2O4. The number of amides is 1. The highest BCUT2D eigenvalue weighted by molar-refractivity contribution is 9.10. The second kappa shape index (κ2) is 7.10. The molecule has 0 aliphatic heterocycles. The maximum Gasteiger partial charge on any atom is 0.332 e. The summed E-state index contributed by atoms with van der Waals surface area (Å²) in [5, 5.41) is 2.52. The average Bonchev–Trinajstić information content (AvgIpc) is 2.38. The van der Waals surface area contributed by atoms with E-state index in [1.165, 1.54) is 7.11 Å². The first-order chi connectivity index (χ1) is 8.99. The maximum atomic E-state index is 11.8. The molecule has 7 heteroatoms. The zero-order valence-corrected chi connectivity index (χ0v) is 12.2. The van der Waals surface area contributed by atoms with Gasteiger partial charge in [0.25, 0.3) is 5.91 Å². The van der Waals surface area contributed by atoms with Crippen LogP contribution in [0.1, 0.15) is 6.92 Å². The van der Waals surface area contributed by atoms with Crippen LogP contribution >= 0.6 is 15.9 Å². The van der Waals surface area contributed by atoms with Crippen molar-refractivity contribution in [1.82, 2.24) is 0 Å². The van der Waals surface area contributed by atoms with E-state index in [-0.39, 0.29) is 6.61 Å². The molecule has 0 spiro atoms. The number of halogens is 1. The van der Waals surface area contributed by atoms with Gasteiger partial charge in [-0.15, -0.1) is 0 Å². The zero-order valence-electron chi connectivity index (χ0n) is 10.6. The molecule has 1 aromatic rings. The highest BCUT2D eigenvalue weighted by atomic mass is 79.9. The van der Waals surface area contributed by atoms with Crippen LogP contribution in [0.15, 0.2) is 22.7 Å². The van der Waals surface area contributed by atoms with Crippen molar-refractivity contribution in [2.75, 3.05) is 19.0 Å². The molecule has 0 saturated carbocycles. The summed E-state index contributed by atoms with van der Waals surface area (Å²) < 4.78 is 10.5. The number of carbonyl (C=O) groups excluding carboxylic acids is 2. The number of hydrogen-bond acceptors (Lipinski definition) is 5. The Morgan fingerprint density at radius 3 is 2.74 bits per heavy atom. The quantitative estimate of drug-likeness (QED) is 0.627. The number of nitrogens with two attached hydrogens (primary N) is 1. The molecule has 0 fully saturated rings. The number of benzene rings is 1. The number of hydrogen-bond donors (Lipinski definition) is 2. The topological polar surface area (TPSA) is 90.7 Å². The van der Waals surface area contributed by atoms with Crippen molar-refractivity contribution in [3.8, 4) is 5.75 Å². The van der Waals surface area contributed by atoms with E-state index in [4.69, 9.17) is 10.5 Å². The zero-order chi connectivity index (χ0) is 14.4. The Morgan fingerprint density at radius 1 is 1.47 bits per heavy atom. The van der Waals surface area contributed by atoms with Crippen LogP contribution in [0.25, 0.3) is 0 Å². The summed E-state index contributed by atoms with van der Waals surface area (Å²) in [5.74, 6) is -0.962. The summed E-state index contributed by atoms with van der Waals surface area (Å²) >= 11 is 3.28. The SMILES string of the molecule is CCOC(=O)C(N)C(=O)Nc1cc(Br)ccc1OC. The Morgan fingerprint density at radius 2 is 2.16 bits per heavy atom. The summed E-state index contributed by atoms with van der Waals surface area (Å²) in [6, 6.07) is 3.72. The molecule has 1 atom stereocenters. The Kier molecular flexibility index (Phi) is 5.78. The number of ether oxygens (including phenoxy) is 2. The molecule has 1 unspecified atom stereocenters. The van der Waals surface area contributed by atoms with Crippen molar-refractivity contribution in [3.05, 3.63) is 22.7 Å². The van der Waals surface area contributed by atoms with Gasteiger partial charge in [-0.3, -0.25) is 4.79 Å². The first kappa shape index (κ1) is 15.5. The van der Waals surface area contributed by atoms with E-state index in [1.807, 2.05) is 0 Å². The lowest BCUT2D eigenvalue weighted by Crippen LogP contribution is -2.43. The molecule has 0 bridgehead atoms. The number of nitrogens with one attached hydrogen (secondary N) is 1. The van der Waals surface area contributed by atoms with E-state index in [1.54, 1.807) is 25.1 Å². The number of carbonyl (C=O) groups is 2. The van der Waals surface area contributed by atoms with E-state index in [0.29, 0.717) is 11.4 Å². The third kappa shape index (κ3) is 4.22. The Hall–Kier alpha value is -1.60. The van der Waals surface area contributed by atoms with E-state index >= 15 is 0 Å². The van der Waals surface area contributed by atoms with E-state index in [0.717, 1.165) is 4.47 Å². The Bertz CT molecular complexity index is 479.